The molecule has 1 aliphatic rings. The number of allylic oxidation sites excluding steroid dienone is 5. The zero-order valence-electron chi connectivity index (χ0n) is 30.3. The van der Waals surface area contributed by atoms with Gasteiger partial charge in [-0.05, 0) is 65.4 Å². The molecule has 0 N–H and O–H groups in total. The van der Waals surface area contributed by atoms with Gasteiger partial charge in [-0.3, -0.25) is 0 Å². The van der Waals surface area contributed by atoms with Crippen molar-refractivity contribution in [2.75, 3.05) is 0 Å². The minimum absolute atomic E-state index is 0.252. The normalized spacial score (nSPS) is 15.3. The van der Waals surface area contributed by atoms with Crippen LogP contribution in [0.3, 0.4) is 0 Å². The molecule has 6 aromatic carbocycles. The van der Waals surface area contributed by atoms with E-state index in [1.54, 1.807) is 0 Å². The smallest absolute Gasteiger partial charge is 0.160 e. The van der Waals surface area contributed by atoms with Crippen LogP contribution in [0.15, 0.2) is 175 Å². The molecule has 0 saturated heterocycles. The molecule has 3 heterocycles. The number of hydrogen-bond acceptors (Lipinski definition) is 3. The van der Waals surface area contributed by atoms with E-state index in [-0.39, 0.29) is 5.41 Å². The predicted molar refractivity (Wildman–Crippen MR) is 225 cm³/mol. The van der Waals surface area contributed by atoms with E-state index in [4.69, 9.17) is 14.4 Å². The van der Waals surface area contributed by atoms with Crippen LogP contribution in [0.2, 0.25) is 0 Å². The molecular formula is C50H37N3O. The number of para-hydroxylation sites is 2. The monoisotopic (exact) mass is 695 g/mol. The lowest BCUT2D eigenvalue weighted by Gasteiger charge is -2.29. The molecule has 0 fully saturated rings. The molecule has 0 bridgehead atoms. The molecule has 4 heteroatoms. The Morgan fingerprint density at radius 1 is 0.648 bits per heavy atom. The van der Waals surface area contributed by atoms with Gasteiger partial charge in [-0.2, -0.15) is 0 Å². The second-order valence-electron chi connectivity index (χ2n) is 14.8. The van der Waals surface area contributed by atoms with Crippen molar-refractivity contribution in [3.05, 3.63) is 182 Å². The van der Waals surface area contributed by atoms with E-state index in [1.165, 1.54) is 21.9 Å². The summed E-state index contributed by atoms with van der Waals surface area (Å²) >= 11 is 0. The highest BCUT2D eigenvalue weighted by molar-refractivity contribution is 6.30. The first-order chi connectivity index (χ1) is 26.5. The molecule has 10 rings (SSSR count). The quantitative estimate of drug-likeness (QED) is 0.184. The van der Waals surface area contributed by atoms with Crippen LogP contribution in [-0.2, 0) is 5.41 Å². The third kappa shape index (κ3) is 5.06. The Balaban J connectivity index is 1.25. The van der Waals surface area contributed by atoms with Crippen LogP contribution >= 0.6 is 0 Å². The molecule has 0 radical (unpaired) electrons. The van der Waals surface area contributed by atoms with Gasteiger partial charge in [0.2, 0.25) is 0 Å². The average Bonchev–Trinajstić information content (AvgIpc) is 3.77. The fourth-order valence-corrected chi connectivity index (χ4v) is 8.31. The fourth-order valence-electron chi connectivity index (χ4n) is 8.31. The van der Waals surface area contributed by atoms with E-state index in [1.807, 2.05) is 42.5 Å². The van der Waals surface area contributed by atoms with Crippen LogP contribution in [0, 0.1) is 0 Å². The van der Waals surface area contributed by atoms with E-state index < -0.39 is 0 Å². The number of rotatable bonds is 4. The van der Waals surface area contributed by atoms with E-state index in [9.17, 15) is 0 Å². The summed E-state index contributed by atoms with van der Waals surface area (Å²) in [5.41, 5.74) is 13.0. The zero-order chi connectivity index (χ0) is 36.4. The second kappa shape index (κ2) is 12.4. The molecule has 0 unspecified atom stereocenters. The van der Waals surface area contributed by atoms with Crippen LogP contribution < -0.4 is 0 Å². The first-order valence-electron chi connectivity index (χ1n) is 18.5. The number of aromatic nitrogens is 3. The lowest BCUT2D eigenvalue weighted by Crippen LogP contribution is -2.20. The maximum absolute atomic E-state index is 6.83. The first-order valence-corrected chi connectivity index (χ1v) is 18.5. The third-order valence-electron chi connectivity index (χ3n) is 10.9. The van der Waals surface area contributed by atoms with Gasteiger partial charge in [0.25, 0.3) is 0 Å². The van der Waals surface area contributed by atoms with Gasteiger partial charge in [0.15, 0.2) is 5.82 Å². The molecule has 0 aliphatic heterocycles. The van der Waals surface area contributed by atoms with Crippen molar-refractivity contribution in [3.63, 3.8) is 0 Å². The maximum Gasteiger partial charge on any atom is 0.160 e. The topological polar surface area (TPSA) is 43.9 Å². The minimum atomic E-state index is -0.252. The van der Waals surface area contributed by atoms with Crippen molar-refractivity contribution in [2.45, 2.75) is 25.7 Å². The summed E-state index contributed by atoms with van der Waals surface area (Å²) in [6.07, 6.45) is 9.47. The van der Waals surface area contributed by atoms with Crippen molar-refractivity contribution < 1.29 is 4.42 Å². The van der Waals surface area contributed by atoms with Gasteiger partial charge < -0.3 is 8.98 Å². The zero-order valence-corrected chi connectivity index (χ0v) is 30.3. The van der Waals surface area contributed by atoms with E-state index in [0.29, 0.717) is 5.82 Å². The van der Waals surface area contributed by atoms with Crippen molar-refractivity contribution >= 4 is 49.3 Å². The largest absolute Gasteiger partial charge is 0.455 e. The highest BCUT2D eigenvalue weighted by Gasteiger charge is 2.34. The first kappa shape index (κ1) is 31.9. The highest BCUT2D eigenvalue weighted by Crippen LogP contribution is 2.50. The van der Waals surface area contributed by atoms with Crippen molar-refractivity contribution in [1.29, 1.82) is 0 Å². The van der Waals surface area contributed by atoms with Crippen LogP contribution in [0.25, 0.3) is 88.9 Å². The number of benzene rings is 6. The van der Waals surface area contributed by atoms with Gasteiger partial charge in [0.05, 0.1) is 22.4 Å². The lowest BCUT2D eigenvalue weighted by atomic mass is 9.76. The van der Waals surface area contributed by atoms with Gasteiger partial charge in [-0.15, -0.1) is 0 Å². The molecule has 1 aliphatic carbocycles. The van der Waals surface area contributed by atoms with Crippen LogP contribution in [0.4, 0.5) is 0 Å². The van der Waals surface area contributed by atoms with Crippen molar-refractivity contribution in [1.82, 2.24) is 14.5 Å². The molecule has 4 nitrogen and oxygen atoms in total. The molecule has 54 heavy (non-hydrogen) atoms. The summed E-state index contributed by atoms with van der Waals surface area (Å²) in [6.45, 7) is 9.33. The van der Waals surface area contributed by atoms with Gasteiger partial charge in [-0.25, -0.2) is 9.97 Å². The summed E-state index contributed by atoms with van der Waals surface area (Å²) in [5.74, 6) is 0.688. The average molecular weight is 696 g/mol. The Kier molecular flexibility index (Phi) is 7.34. The molecule has 9 aromatic rings. The maximum atomic E-state index is 6.83. The Morgan fingerprint density at radius 2 is 1.28 bits per heavy atom. The predicted octanol–water partition coefficient (Wildman–Crippen LogP) is 13.3. The van der Waals surface area contributed by atoms with E-state index >= 15 is 0 Å². The van der Waals surface area contributed by atoms with Gasteiger partial charge in [0.1, 0.15) is 11.2 Å². The Bertz CT molecular complexity index is 2920. The SMILES string of the molecule is C=C1/C=C\C=C/CC(C)(C)c2c1c1oc3ccccc3c1c1c3ccccc3n(-c3ccc(-c4nc(-c5ccccc5)cc(-c5ccccc5)n4)cc3)c21. The molecule has 0 atom stereocenters. The third-order valence-corrected chi connectivity index (χ3v) is 10.9. The molecular weight excluding hydrogens is 659 g/mol. The molecule has 0 saturated carbocycles. The Hall–Kier alpha value is -6.78. The summed E-state index contributed by atoms with van der Waals surface area (Å²) in [4.78, 5) is 10.2. The lowest BCUT2D eigenvalue weighted by molar-refractivity contribution is 0.535. The number of hydrogen-bond donors (Lipinski definition) is 0. The van der Waals surface area contributed by atoms with Gasteiger partial charge >= 0.3 is 0 Å². The van der Waals surface area contributed by atoms with Gasteiger partial charge in [-0.1, -0.05) is 142 Å². The summed E-state index contributed by atoms with van der Waals surface area (Å²) in [6, 6.07) is 48.6. The van der Waals surface area contributed by atoms with Crippen LogP contribution in [0.1, 0.15) is 31.4 Å². The van der Waals surface area contributed by atoms with Crippen LogP contribution in [-0.4, -0.2) is 14.5 Å². The Morgan fingerprint density at radius 3 is 1.98 bits per heavy atom. The summed E-state index contributed by atoms with van der Waals surface area (Å²) in [7, 11) is 0. The molecule has 3 aromatic heterocycles. The van der Waals surface area contributed by atoms with E-state index in [0.717, 1.165) is 78.8 Å². The highest BCUT2D eigenvalue weighted by atomic mass is 16.3. The Labute approximate surface area is 314 Å². The minimum Gasteiger partial charge on any atom is -0.455 e. The van der Waals surface area contributed by atoms with Crippen molar-refractivity contribution in [2.24, 2.45) is 0 Å². The molecule has 0 amide bonds. The second-order valence-corrected chi connectivity index (χ2v) is 14.8. The molecule has 258 valence electrons. The number of nitrogens with zero attached hydrogens (tertiary/aromatic N) is 3. The van der Waals surface area contributed by atoms with Gasteiger partial charge in [0, 0.05) is 49.5 Å². The fraction of sp³-hybridized carbons (Fsp3) is 0.0800. The molecule has 0 spiro atoms. The number of furan rings is 1. The van der Waals surface area contributed by atoms with Crippen molar-refractivity contribution in [3.8, 4) is 39.6 Å². The van der Waals surface area contributed by atoms with Crippen LogP contribution in [0.5, 0.6) is 0 Å². The number of fused-ring (bicyclic) bond motifs is 10. The standard InChI is InChI=1S/C50H37N3O/c1-32-17-7-6-16-30-50(2,3)46-43(32)48-45(38-23-13-15-25-42(38)54-48)44-37-22-12-14-24-41(37)53(47(44)46)36-28-26-35(27-29-36)49-51-39(33-18-8-4-9-19-33)31-40(52-49)34-20-10-5-11-21-34/h4-29,31H,1,30H2,2-3H3/b16-6-,17-7-. The summed E-state index contributed by atoms with van der Waals surface area (Å²) in [5, 5.41) is 4.63. The summed E-state index contributed by atoms with van der Waals surface area (Å²) < 4.78 is 9.28. The van der Waals surface area contributed by atoms with E-state index in [2.05, 4.69) is 146 Å².